The molecule has 1 aliphatic rings. The first-order valence-electron chi connectivity index (χ1n) is 8.09. The van der Waals surface area contributed by atoms with Crippen LogP contribution in [0.3, 0.4) is 0 Å². The molecule has 0 radical (unpaired) electrons. The first-order chi connectivity index (χ1) is 9.93. The molecule has 5 heteroatoms. The number of rotatable bonds is 5. The van der Waals surface area contributed by atoms with Gasteiger partial charge in [-0.2, -0.15) is 5.10 Å². The Bertz CT molecular complexity index is 469. The summed E-state index contributed by atoms with van der Waals surface area (Å²) in [6.07, 6.45) is 2.46. The number of hydrogen-bond acceptors (Lipinski definition) is 3. The lowest BCUT2D eigenvalue weighted by Gasteiger charge is -2.42. The van der Waals surface area contributed by atoms with Gasteiger partial charge in [-0.1, -0.05) is 38.8 Å². The third kappa shape index (κ3) is 3.79. The Morgan fingerprint density at radius 2 is 2.14 bits per heavy atom. The van der Waals surface area contributed by atoms with Crippen molar-refractivity contribution in [3.8, 4) is 0 Å². The summed E-state index contributed by atoms with van der Waals surface area (Å²) in [5.74, 6) is 0.635. The van der Waals surface area contributed by atoms with Crippen molar-refractivity contribution in [3.63, 3.8) is 0 Å². The molecule has 120 valence electrons. The van der Waals surface area contributed by atoms with Crippen LogP contribution in [0.1, 0.15) is 44.9 Å². The summed E-state index contributed by atoms with van der Waals surface area (Å²) >= 11 is 6.42. The van der Waals surface area contributed by atoms with Gasteiger partial charge in [0.1, 0.15) is 5.15 Å². The van der Waals surface area contributed by atoms with E-state index in [9.17, 15) is 0 Å². The van der Waals surface area contributed by atoms with E-state index in [4.69, 9.17) is 11.6 Å². The number of nitrogens with zero attached hydrogens (tertiary/aromatic N) is 3. The van der Waals surface area contributed by atoms with Gasteiger partial charge < -0.3 is 5.32 Å². The van der Waals surface area contributed by atoms with Gasteiger partial charge in [-0.25, -0.2) is 0 Å². The zero-order valence-corrected chi connectivity index (χ0v) is 14.7. The van der Waals surface area contributed by atoms with Crippen molar-refractivity contribution in [3.05, 3.63) is 16.4 Å². The fourth-order valence-corrected chi connectivity index (χ4v) is 3.57. The summed E-state index contributed by atoms with van der Waals surface area (Å²) in [5, 5.41) is 8.93. The van der Waals surface area contributed by atoms with Crippen molar-refractivity contribution in [2.45, 2.75) is 59.2 Å². The first kappa shape index (κ1) is 16.8. The maximum Gasteiger partial charge on any atom is 0.131 e. The molecule has 21 heavy (non-hydrogen) atoms. The van der Waals surface area contributed by atoms with Crippen LogP contribution >= 0.6 is 11.6 Å². The number of aromatic nitrogens is 2. The van der Waals surface area contributed by atoms with Gasteiger partial charge in [0, 0.05) is 44.3 Å². The molecule has 4 nitrogen and oxygen atoms in total. The minimum absolute atomic E-state index is 0.564. The number of aryl methyl sites for hydroxylation is 2. The molecule has 2 unspecified atom stereocenters. The number of piperazine rings is 1. The van der Waals surface area contributed by atoms with Crippen LogP contribution in [0.2, 0.25) is 5.15 Å². The molecule has 1 N–H and O–H groups in total. The van der Waals surface area contributed by atoms with Gasteiger partial charge >= 0.3 is 0 Å². The van der Waals surface area contributed by atoms with E-state index in [0.717, 1.165) is 30.5 Å². The third-order valence-corrected chi connectivity index (χ3v) is 5.05. The quantitative estimate of drug-likeness (QED) is 0.907. The molecule has 1 fully saturated rings. The minimum atomic E-state index is 0.564. The Balaban J connectivity index is 2.15. The van der Waals surface area contributed by atoms with Crippen LogP contribution < -0.4 is 5.32 Å². The van der Waals surface area contributed by atoms with E-state index < -0.39 is 0 Å². The van der Waals surface area contributed by atoms with Crippen LogP contribution in [0.15, 0.2) is 0 Å². The van der Waals surface area contributed by atoms with E-state index in [-0.39, 0.29) is 0 Å². The summed E-state index contributed by atoms with van der Waals surface area (Å²) in [6, 6.07) is 1.16. The molecule has 0 amide bonds. The normalized spacial score (nSPS) is 24.0. The fraction of sp³-hybridized carbons (Fsp3) is 0.812. The standard InChI is InChI=1S/C16H29ClN4/c1-6-7-13-9-21(15(8-18-13)11(2)3)10-14-12(4)19-20(5)16(14)17/h11,13,15,18H,6-10H2,1-5H3. The highest BCUT2D eigenvalue weighted by molar-refractivity contribution is 6.30. The summed E-state index contributed by atoms with van der Waals surface area (Å²) in [4.78, 5) is 2.59. The molecule has 2 rings (SSSR count). The van der Waals surface area contributed by atoms with Crippen molar-refractivity contribution in [2.24, 2.45) is 13.0 Å². The summed E-state index contributed by atoms with van der Waals surface area (Å²) in [6.45, 7) is 12.0. The van der Waals surface area contributed by atoms with E-state index in [0.29, 0.717) is 18.0 Å². The second-order valence-corrected chi connectivity index (χ2v) is 6.97. The average molecular weight is 313 g/mol. The van der Waals surface area contributed by atoms with Crippen molar-refractivity contribution < 1.29 is 0 Å². The van der Waals surface area contributed by atoms with Gasteiger partial charge in [0.15, 0.2) is 0 Å². The fourth-order valence-electron chi connectivity index (χ4n) is 3.34. The van der Waals surface area contributed by atoms with E-state index in [2.05, 4.69) is 43.0 Å². The molecule has 0 saturated carbocycles. The lowest BCUT2D eigenvalue weighted by Crippen LogP contribution is -2.57. The van der Waals surface area contributed by atoms with E-state index in [1.54, 1.807) is 4.68 Å². The SMILES string of the molecule is CCCC1CN(Cc2c(C)nn(C)c2Cl)C(C(C)C)CN1. The number of hydrogen-bond donors (Lipinski definition) is 1. The maximum atomic E-state index is 6.42. The molecule has 1 aromatic heterocycles. The zero-order valence-electron chi connectivity index (χ0n) is 14.0. The molecular weight excluding hydrogens is 284 g/mol. The van der Waals surface area contributed by atoms with Gasteiger partial charge in [-0.15, -0.1) is 0 Å². The molecular formula is C16H29ClN4. The van der Waals surface area contributed by atoms with Crippen LogP contribution in [0.5, 0.6) is 0 Å². The molecule has 0 aromatic carbocycles. The predicted octanol–water partition coefficient (Wildman–Crippen LogP) is 2.98. The Kier molecular flexibility index (Phi) is 5.69. The van der Waals surface area contributed by atoms with Crippen LogP contribution in [0.25, 0.3) is 0 Å². The maximum absolute atomic E-state index is 6.42. The van der Waals surface area contributed by atoms with Crippen LogP contribution in [-0.4, -0.2) is 39.9 Å². The Morgan fingerprint density at radius 1 is 1.43 bits per heavy atom. The summed E-state index contributed by atoms with van der Waals surface area (Å²) in [7, 11) is 1.91. The Morgan fingerprint density at radius 3 is 2.67 bits per heavy atom. The second-order valence-electron chi connectivity index (χ2n) is 6.61. The third-order valence-electron chi connectivity index (χ3n) is 4.58. The van der Waals surface area contributed by atoms with Crippen molar-refractivity contribution in [1.29, 1.82) is 0 Å². The lowest BCUT2D eigenvalue weighted by molar-refractivity contribution is 0.0883. The van der Waals surface area contributed by atoms with Gasteiger partial charge in [0.05, 0.1) is 5.69 Å². The van der Waals surface area contributed by atoms with Crippen LogP contribution in [0.4, 0.5) is 0 Å². The van der Waals surface area contributed by atoms with E-state index in [1.165, 1.54) is 18.4 Å². The van der Waals surface area contributed by atoms with Gasteiger partial charge in [0.2, 0.25) is 0 Å². The highest BCUT2D eigenvalue weighted by atomic mass is 35.5. The molecule has 1 aromatic rings. The molecule has 0 bridgehead atoms. The van der Waals surface area contributed by atoms with Crippen LogP contribution in [0, 0.1) is 12.8 Å². The Hall–Kier alpha value is -0.580. The van der Waals surface area contributed by atoms with E-state index in [1.807, 2.05) is 7.05 Å². The smallest absolute Gasteiger partial charge is 0.131 e. The molecule has 0 spiro atoms. The van der Waals surface area contributed by atoms with Gasteiger partial charge in [-0.3, -0.25) is 9.58 Å². The summed E-state index contributed by atoms with van der Waals surface area (Å²) in [5.41, 5.74) is 2.23. The highest BCUT2D eigenvalue weighted by Crippen LogP contribution is 2.25. The molecule has 2 heterocycles. The topological polar surface area (TPSA) is 33.1 Å². The Labute approximate surface area is 133 Å². The van der Waals surface area contributed by atoms with Crippen molar-refractivity contribution in [2.75, 3.05) is 13.1 Å². The van der Waals surface area contributed by atoms with Crippen LogP contribution in [-0.2, 0) is 13.6 Å². The summed E-state index contributed by atoms with van der Waals surface area (Å²) < 4.78 is 1.78. The predicted molar refractivity (Wildman–Crippen MR) is 88.7 cm³/mol. The van der Waals surface area contributed by atoms with Gasteiger partial charge in [-0.05, 0) is 19.3 Å². The number of halogens is 1. The number of nitrogens with one attached hydrogen (secondary N) is 1. The van der Waals surface area contributed by atoms with Crippen molar-refractivity contribution in [1.82, 2.24) is 20.0 Å². The molecule has 1 saturated heterocycles. The first-order valence-corrected chi connectivity index (χ1v) is 8.47. The minimum Gasteiger partial charge on any atom is -0.311 e. The second kappa shape index (κ2) is 7.12. The highest BCUT2D eigenvalue weighted by Gasteiger charge is 2.30. The van der Waals surface area contributed by atoms with E-state index >= 15 is 0 Å². The molecule has 0 aliphatic carbocycles. The molecule has 1 aliphatic heterocycles. The lowest BCUT2D eigenvalue weighted by atomic mass is 9.96. The zero-order chi connectivity index (χ0) is 15.6. The molecule has 2 atom stereocenters. The monoisotopic (exact) mass is 312 g/mol. The van der Waals surface area contributed by atoms with Gasteiger partial charge in [0.25, 0.3) is 0 Å². The van der Waals surface area contributed by atoms with Crippen molar-refractivity contribution >= 4 is 11.6 Å². The average Bonchev–Trinajstić information content (AvgIpc) is 2.66. The largest absolute Gasteiger partial charge is 0.311 e.